The molecule has 0 atom stereocenters. The Hall–Kier alpha value is -3.85. The van der Waals surface area contributed by atoms with Crippen LogP contribution in [-0.4, -0.2) is 45.2 Å². The van der Waals surface area contributed by atoms with Crippen molar-refractivity contribution in [2.75, 3.05) is 37.6 Å². The molecule has 1 fully saturated rings. The van der Waals surface area contributed by atoms with E-state index in [1.807, 2.05) is 12.1 Å². The molecule has 1 aliphatic rings. The van der Waals surface area contributed by atoms with Crippen molar-refractivity contribution in [1.29, 1.82) is 0 Å². The van der Waals surface area contributed by atoms with Gasteiger partial charge in [-0.15, -0.1) is 11.3 Å². The third-order valence-corrected chi connectivity index (χ3v) is 6.58. The van der Waals surface area contributed by atoms with E-state index in [0.29, 0.717) is 46.3 Å². The zero-order valence-corrected chi connectivity index (χ0v) is 20.6. The first-order valence-electron chi connectivity index (χ1n) is 11.2. The van der Waals surface area contributed by atoms with Gasteiger partial charge in [0.15, 0.2) is 11.5 Å². The molecule has 2 aromatic carbocycles. The number of rotatable bonds is 8. The monoisotopic (exact) mass is 494 g/mol. The second-order valence-electron chi connectivity index (χ2n) is 7.80. The number of amides is 2. The lowest BCUT2D eigenvalue weighted by molar-refractivity contribution is -0.117. The van der Waals surface area contributed by atoms with E-state index in [4.69, 9.17) is 14.2 Å². The minimum atomic E-state index is -0.537. The van der Waals surface area contributed by atoms with Gasteiger partial charge < -0.3 is 24.4 Å². The Morgan fingerprint density at radius 1 is 1.09 bits per heavy atom. The van der Waals surface area contributed by atoms with Gasteiger partial charge in [0.25, 0.3) is 5.91 Å². The van der Waals surface area contributed by atoms with Gasteiger partial charge in [0.1, 0.15) is 10.6 Å². The number of methoxy groups -OCH3 is 2. The number of benzene rings is 2. The molecule has 1 aromatic heterocycles. The lowest BCUT2D eigenvalue weighted by Crippen LogP contribution is -2.24. The van der Waals surface area contributed by atoms with Crippen LogP contribution in [0.4, 0.5) is 10.7 Å². The molecule has 0 aliphatic carbocycles. The third kappa shape index (κ3) is 5.00. The molecule has 4 rings (SSSR count). The fourth-order valence-electron chi connectivity index (χ4n) is 3.98. The zero-order valence-electron chi connectivity index (χ0n) is 19.8. The number of anilines is 2. The topological polar surface area (TPSA) is 94.2 Å². The van der Waals surface area contributed by atoms with E-state index >= 15 is 0 Å². The van der Waals surface area contributed by atoms with Gasteiger partial charge >= 0.3 is 5.97 Å². The summed E-state index contributed by atoms with van der Waals surface area (Å²) in [5.74, 6) is 0.207. The molecule has 0 unspecified atom stereocenters. The van der Waals surface area contributed by atoms with Crippen LogP contribution in [0.2, 0.25) is 0 Å². The fourth-order valence-corrected chi connectivity index (χ4v) is 4.94. The van der Waals surface area contributed by atoms with E-state index in [2.05, 4.69) is 5.32 Å². The normalized spacial score (nSPS) is 13.0. The standard InChI is InChI=1S/C26H26N2O6S/c1-4-34-26(31)23-19(16-10-11-20(32-2)21(14-16)33-3)15-35-25(23)27-24(30)17-7-5-8-18(13-17)28-12-6-9-22(28)29/h5,7-8,10-11,13-15H,4,6,9,12H2,1-3H3,(H,27,30). The van der Waals surface area contributed by atoms with E-state index in [-0.39, 0.29) is 24.0 Å². The molecule has 9 heteroatoms. The van der Waals surface area contributed by atoms with Crippen LogP contribution in [0.5, 0.6) is 11.5 Å². The highest BCUT2D eigenvalue weighted by molar-refractivity contribution is 7.15. The van der Waals surface area contributed by atoms with E-state index in [1.165, 1.54) is 18.4 Å². The molecular weight excluding hydrogens is 468 g/mol. The predicted molar refractivity (Wildman–Crippen MR) is 135 cm³/mol. The SMILES string of the molecule is CCOC(=O)c1c(-c2ccc(OC)c(OC)c2)csc1NC(=O)c1cccc(N2CCCC2=O)c1. The molecule has 0 bridgehead atoms. The van der Waals surface area contributed by atoms with Crippen molar-refractivity contribution in [1.82, 2.24) is 0 Å². The highest BCUT2D eigenvalue weighted by Gasteiger charge is 2.25. The Morgan fingerprint density at radius 3 is 2.57 bits per heavy atom. The highest BCUT2D eigenvalue weighted by Crippen LogP contribution is 2.40. The third-order valence-electron chi connectivity index (χ3n) is 5.69. The smallest absolute Gasteiger partial charge is 0.341 e. The number of hydrogen-bond acceptors (Lipinski definition) is 7. The average molecular weight is 495 g/mol. The van der Waals surface area contributed by atoms with Gasteiger partial charge in [-0.25, -0.2) is 4.79 Å². The molecule has 2 heterocycles. The molecule has 0 saturated carbocycles. The fraction of sp³-hybridized carbons (Fsp3) is 0.269. The molecule has 182 valence electrons. The first-order chi connectivity index (χ1) is 17.0. The van der Waals surface area contributed by atoms with Crippen molar-refractivity contribution < 1.29 is 28.6 Å². The molecule has 2 amide bonds. The quantitative estimate of drug-likeness (QED) is 0.444. The molecule has 8 nitrogen and oxygen atoms in total. The van der Waals surface area contributed by atoms with Gasteiger partial charge in [-0.3, -0.25) is 9.59 Å². The van der Waals surface area contributed by atoms with Crippen LogP contribution in [0.15, 0.2) is 47.8 Å². The van der Waals surface area contributed by atoms with Gasteiger partial charge in [0.2, 0.25) is 5.91 Å². The molecular formula is C26H26N2O6S. The predicted octanol–water partition coefficient (Wildman–Crippen LogP) is 4.99. The van der Waals surface area contributed by atoms with E-state index in [1.54, 1.807) is 54.6 Å². The maximum atomic E-state index is 13.1. The molecule has 1 aliphatic heterocycles. The Morgan fingerprint density at radius 2 is 1.89 bits per heavy atom. The average Bonchev–Trinajstić information content (AvgIpc) is 3.50. The molecule has 3 aromatic rings. The van der Waals surface area contributed by atoms with Crippen LogP contribution in [-0.2, 0) is 9.53 Å². The van der Waals surface area contributed by atoms with Crippen molar-refractivity contribution in [3.63, 3.8) is 0 Å². The minimum absolute atomic E-state index is 0.0463. The van der Waals surface area contributed by atoms with Crippen LogP contribution >= 0.6 is 11.3 Å². The molecule has 0 radical (unpaired) electrons. The van der Waals surface area contributed by atoms with Crippen molar-refractivity contribution >= 4 is 39.8 Å². The first kappa shape index (κ1) is 24.3. The summed E-state index contributed by atoms with van der Waals surface area (Å²) in [4.78, 5) is 39.8. The number of nitrogens with one attached hydrogen (secondary N) is 1. The van der Waals surface area contributed by atoms with Gasteiger partial charge in [-0.05, 0) is 49.2 Å². The number of esters is 1. The summed E-state index contributed by atoms with van der Waals surface area (Å²) >= 11 is 1.23. The highest BCUT2D eigenvalue weighted by atomic mass is 32.1. The minimum Gasteiger partial charge on any atom is -0.493 e. The number of hydrogen-bond donors (Lipinski definition) is 1. The van der Waals surface area contributed by atoms with Crippen molar-refractivity contribution in [3.05, 3.63) is 59.0 Å². The van der Waals surface area contributed by atoms with Crippen LogP contribution in [0.3, 0.4) is 0 Å². The molecule has 1 saturated heterocycles. The summed E-state index contributed by atoms with van der Waals surface area (Å²) in [6.07, 6.45) is 1.31. The number of ether oxygens (including phenoxy) is 3. The summed E-state index contributed by atoms with van der Waals surface area (Å²) in [5.41, 5.74) is 2.67. The number of carbonyl (C=O) groups is 3. The lowest BCUT2D eigenvalue weighted by atomic mass is 10.0. The molecule has 1 N–H and O–H groups in total. The largest absolute Gasteiger partial charge is 0.493 e. The van der Waals surface area contributed by atoms with Crippen molar-refractivity contribution in [2.45, 2.75) is 19.8 Å². The summed E-state index contributed by atoms with van der Waals surface area (Å²) in [6, 6.07) is 12.2. The number of thiophene rings is 1. The Balaban J connectivity index is 1.67. The Labute approximate surface area is 207 Å². The zero-order chi connectivity index (χ0) is 24.9. The van der Waals surface area contributed by atoms with E-state index in [9.17, 15) is 14.4 Å². The first-order valence-corrected chi connectivity index (χ1v) is 12.1. The summed E-state index contributed by atoms with van der Waals surface area (Å²) < 4.78 is 16.0. The van der Waals surface area contributed by atoms with Gasteiger partial charge in [0, 0.05) is 35.2 Å². The summed E-state index contributed by atoms with van der Waals surface area (Å²) in [6.45, 7) is 2.56. The summed E-state index contributed by atoms with van der Waals surface area (Å²) in [5, 5.41) is 5.03. The lowest BCUT2D eigenvalue weighted by Gasteiger charge is -2.16. The van der Waals surface area contributed by atoms with E-state index in [0.717, 1.165) is 12.0 Å². The molecule has 35 heavy (non-hydrogen) atoms. The van der Waals surface area contributed by atoms with Crippen molar-refractivity contribution in [2.24, 2.45) is 0 Å². The van der Waals surface area contributed by atoms with Gasteiger partial charge in [-0.2, -0.15) is 0 Å². The van der Waals surface area contributed by atoms with Crippen LogP contribution in [0.1, 0.15) is 40.5 Å². The second kappa shape index (κ2) is 10.6. The van der Waals surface area contributed by atoms with Crippen LogP contribution < -0.4 is 19.7 Å². The Bertz CT molecular complexity index is 1270. The van der Waals surface area contributed by atoms with Gasteiger partial charge in [-0.1, -0.05) is 12.1 Å². The maximum Gasteiger partial charge on any atom is 0.341 e. The second-order valence-corrected chi connectivity index (χ2v) is 8.68. The number of nitrogens with zero attached hydrogens (tertiary/aromatic N) is 1. The number of carbonyl (C=O) groups excluding carboxylic acids is 3. The Kier molecular flexibility index (Phi) is 7.36. The van der Waals surface area contributed by atoms with Gasteiger partial charge in [0.05, 0.1) is 20.8 Å². The molecule has 0 spiro atoms. The van der Waals surface area contributed by atoms with Crippen LogP contribution in [0, 0.1) is 0 Å². The van der Waals surface area contributed by atoms with Crippen molar-refractivity contribution in [3.8, 4) is 22.6 Å². The summed E-state index contributed by atoms with van der Waals surface area (Å²) in [7, 11) is 3.09. The maximum absolute atomic E-state index is 13.1. The van der Waals surface area contributed by atoms with E-state index < -0.39 is 5.97 Å². The van der Waals surface area contributed by atoms with Crippen LogP contribution in [0.25, 0.3) is 11.1 Å².